The number of halogens is 2. The van der Waals surface area contributed by atoms with Crippen LogP contribution < -0.4 is 5.73 Å². The van der Waals surface area contributed by atoms with E-state index < -0.39 is 5.41 Å². The lowest BCUT2D eigenvalue weighted by Crippen LogP contribution is -2.58. The van der Waals surface area contributed by atoms with Crippen LogP contribution in [-0.2, 0) is 10.2 Å². The van der Waals surface area contributed by atoms with Crippen LogP contribution >= 0.6 is 12.4 Å². The molecule has 3 nitrogen and oxygen atoms in total. The van der Waals surface area contributed by atoms with E-state index in [1.165, 1.54) is 6.07 Å². The van der Waals surface area contributed by atoms with Crippen molar-refractivity contribution in [3.8, 4) is 0 Å². The second-order valence-electron chi connectivity index (χ2n) is 8.26. The van der Waals surface area contributed by atoms with Gasteiger partial charge in [-0.3, -0.25) is 4.79 Å². The molecule has 2 N–H and O–H groups in total. The normalized spacial score (nSPS) is 25.1. The Morgan fingerprint density at radius 3 is 2.52 bits per heavy atom. The summed E-state index contributed by atoms with van der Waals surface area (Å²) in [6, 6.07) is 6.78. The lowest BCUT2D eigenvalue weighted by Gasteiger charge is -2.47. The number of benzene rings is 1. The van der Waals surface area contributed by atoms with Gasteiger partial charge >= 0.3 is 0 Å². The van der Waals surface area contributed by atoms with Crippen molar-refractivity contribution in [1.82, 2.24) is 4.90 Å². The number of likely N-dealkylation sites (tertiary alicyclic amines) is 1. The largest absolute Gasteiger partial charge is 0.341 e. The van der Waals surface area contributed by atoms with Gasteiger partial charge in [0.15, 0.2) is 0 Å². The van der Waals surface area contributed by atoms with E-state index in [0.717, 1.165) is 44.1 Å². The maximum Gasteiger partial charge on any atom is 0.233 e. The third kappa shape index (κ3) is 3.85. The molecule has 1 aliphatic carbocycles. The van der Waals surface area contributed by atoms with E-state index in [4.69, 9.17) is 5.73 Å². The fourth-order valence-corrected chi connectivity index (χ4v) is 4.42. The SMILES string of the molecule is CC1(C)CN(C(=O)C2(c3cccc(F)c3)CCCCC2)CCC1N.Cl. The molecule has 1 unspecified atom stereocenters. The summed E-state index contributed by atoms with van der Waals surface area (Å²) in [5.74, 6) is -0.0842. The first-order chi connectivity index (χ1) is 11.3. The van der Waals surface area contributed by atoms with Crippen LogP contribution in [0.1, 0.15) is 57.9 Å². The number of carbonyl (C=O) groups is 1. The van der Waals surface area contributed by atoms with Crippen LogP contribution in [0, 0.1) is 11.2 Å². The number of nitrogens with two attached hydrogens (primary N) is 1. The van der Waals surface area contributed by atoms with Crippen molar-refractivity contribution in [3.05, 3.63) is 35.6 Å². The average Bonchev–Trinajstić information content (AvgIpc) is 2.57. The highest BCUT2D eigenvalue weighted by atomic mass is 35.5. The molecule has 1 atom stereocenters. The van der Waals surface area contributed by atoms with E-state index in [1.807, 2.05) is 11.0 Å². The van der Waals surface area contributed by atoms with Gasteiger partial charge in [-0.15, -0.1) is 12.4 Å². The Morgan fingerprint density at radius 1 is 1.24 bits per heavy atom. The standard InChI is InChI=1S/C20H29FN2O.ClH/c1-19(2)14-23(12-9-17(19)22)18(24)20(10-4-3-5-11-20)15-7-6-8-16(21)13-15;/h6-8,13,17H,3-5,9-12,14,22H2,1-2H3;1H. The summed E-state index contributed by atoms with van der Waals surface area (Å²) in [5.41, 5.74) is 6.44. The van der Waals surface area contributed by atoms with Gasteiger partial charge in [-0.25, -0.2) is 4.39 Å². The molecule has 0 radical (unpaired) electrons. The molecule has 3 rings (SSSR count). The molecule has 140 valence electrons. The number of amides is 1. The minimum atomic E-state index is -0.558. The van der Waals surface area contributed by atoms with Crippen molar-refractivity contribution in [2.45, 2.75) is 63.8 Å². The maximum atomic E-state index is 13.8. The highest BCUT2D eigenvalue weighted by molar-refractivity contribution is 5.88. The summed E-state index contributed by atoms with van der Waals surface area (Å²) >= 11 is 0. The highest BCUT2D eigenvalue weighted by Gasteiger charge is 2.46. The molecule has 2 fully saturated rings. The van der Waals surface area contributed by atoms with Crippen molar-refractivity contribution in [1.29, 1.82) is 0 Å². The van der Waals surface area contributed by atoms with Gasteiger partial charge < -0.3 is 10.6 Å². The molecule has 0 aromatic heterocycles. The third-order valence-corrected chi connectivity index (χ3v) is 6.09. The Balaban J connectivity index is 0.00000225. The molecule has 1 aromatic rings. The van der Waals surface area contributed by atoms with Crippen molar-refractivity contribution in [2.75, 3.05) is 13.1 Å². The Bertz CT molecular complexity index is 613. The van der Waals surface area contributed by atoms with E-state index >= 15 is 0 Å². The fraction of sp³-hybridized carbons (Fsp3) is 0.650. The van der Waals surface area contributed by atoms with E-state index in [9.17, 15) is 9.18 Å². The molecule has 1 aliphatic heterocycles. The minimum Gasteiger partial charge on any atom is -0.341 e. The van der Waals surface area contributed by atoms with Crippen molar-refractivity contribution >= 4 is 18.3 Å². The summed E-state index contributed by atoms with van der Waals surface area (Å²) in [5, 5.41) is 0. The van der Waals surface area contributed by atoms with Crippen LogP contribution in [0.15, 0.2) is 24.3 Å². The van der Waals surface area contributed by atoms with Crippen LogP contribution in [0.25, 0.3) is 0 Å². The summed E-state index contributed by atoms with van der Waals surface area (Å²) in [4.78, 5) is 15.5. The number of carbonyl (C=O) groups excluding carboxylic acids is 1. The number of rotatable bonds is 2. The summed E-state index contributed by atoms with van der Waals surface area (Å²) in [7, 11) is 0. The summed E-state index contributed by atoms with van der Waals surface area (Å²) in [6.07, 6.45) is 5.67. The van der Waals surface area contributed by atoms with Crippen molar-refractivity contribution in [2.24, 2.45) is 11.1 Å². The second kappa shape index (κ2) is 7.63. The number of hydrogen-bond donors (Lipinski definition) is 1. The molecule has 1 amide bonds. The van der Waals surface area contributed by atoms with Gasteiger partial charge in [-0.05, 0) is 42.4 Å². The molecule has 0 bridgehead atoms. The van der Waals surface area contributed by atoms with Crippen molar-refractivity contribution in [3.63, 3.8) is 0 Å². The van der Waals surface area contributed by atoms with Gasteiger partial charge in [0.2, 0.25) is 5.91 Å². The minimum absolute atomic E-state index is 0. The zero-order valence-electron chi connectivity index (χ0n) is 15.3. The lowest BCUT2D eigenvalue weighted by molar-refractivity contribution is -0.142. The van der Waals surface area contributed by atoms with Crippen LogP contribution in [0.5, 0.6) is 0 Å². The number of hydrogen-bond acceptors (Lipinski definition) is 2. The molecule has 0 spiro atoms. The number of piperidine rings is 1. The van der Waals surface area contributed by atoms with Crippen LogP contribution in [-0.4, -0.2) is 29.9 Å². The van der Waals surface area contributed by atoms with Gasteiger partial charge in [0.05, 0.1) is 5.41 Å². The Morgan fingerprint density at radius 2 is 1.92 bits per heavy atom. The first-order valence-corrected chi connectivity index (χ1v) is 9.16. The van der Waals surface area contributed by atoms with Gasteiger partial charge in [-0.2, -0.15) is 0 Å². The molecule has 1 aromatic carbocycles. The quantitative estimate of drug-likeness (QED) is 0.856. The topological polar surface area (TPSA) is 46.3 Å². The predicted molar refractivity (Wildman–Crippen MR) is 101 cm³/mol. The van der Waals surface area contributed by atoms with Gasteiger partial charge in [0.1, 0.15) is 5.82 Å². The zero-order chi connectivity index (χ0) is 17.4. The fourth-order valence-electron chi connectivity index (χ4n) is 4.42. The molecular weight excluding hydrogens is 339 g/mol. The van der Waals surface area contributed by atoms with Gasteiger partial charge in [-0.1, -0.05) is 45.2 Å². The number of nitrogens with zero attached hydrogens (tertiary/aromatic N) is 1. The van der Waals surface area contributed by atoms with Crippen LogP contribution in [0.2, 0.25) is 0 Å². The summed E-state index contributed by atoms with van der Waals surface area (Å²) < 4.78 is 13.8. The monoisotopic (exact) mass is 368 g/mol. The van der Waals surface area contributed by atoms with Crippen LogP contribution in [0.4, 0.5) is 4.39 Å². The van der Waals surface area contributed by atoms with Gasteiger partial charge in [0, 0.05) is 19.1 Å². The Kier molecular flexibility index (Phi) is 6.16. The van der Waals surface area contributed by atoms with E-state index in [1.54, 1.807) is 12.1 Å². The first-order valence-electron chi connectivity index (χ1n) is 9.16. The molecular formula is C20H30ClFN2O. The Labute approximate surface area is 156 Å². The molecule has 1 saturated carbocycles. The lowest BCUT2D eigenvalue weighted by atomic mass is 9.67. The molecule has 5 heteroatoms. The summed E-state index contributed by atoms with van der Waals surface area (Å²) in [6.45, 7) is 5.66. The molecule has 2 aliphatic rings. The van der Waals surface area contributed by atoms with E-state index in [-0.39, 0.29) is 35.6 Å². The smallest absolute Gasteiger partial charge is 0.233 e. The highest BCUT2D eigenvalue weighted by Crippen LogP contribution is 2.42. The zero-order valence-corrected chi connectivity index (χ0v) is 16.1. The van der Waals surface area contributed by atoms with E-state index in [2.05, 4.69) is 13.8 Å². The predicted octanol–water partition coefficient (Wildman–Crippen LogP) is 4.04. The molecule has 1 saturated heterocycles. The third-order valence-electron chi connectivity index (χ3n) is 6.09. The van der Waals surface area contributed by atoms with E-state index in [0.29, 0.717) is 13.1 Å². The first kappa shape index (κ1) is 20.2. The maximum absolute atomic E-state index is 13.8. The Hall–Kier alpha value is -1.13. The average molecular weight is 369 g/mol. The molecule has 1 heterocycles. The van der Waals surface area contributed by atoms with Gasteiger partial charge in [0.25, 0.3) is 0 Å². The molecule has 25 heavy (non-hydrogen) atoms. The van der Waals surface area contributed by atoms with Crippen molar-refractivity contribution < 1.29 is 9.18 Å². The second-order valence-corrected chi connectivity index (χ2v) is 8.26. The van der Waals surface area contributed by atoms with Crippen LogP contribution in [0.3, 0.4) is 0 Å².